The summed E-state index contributed by atoms with van der Waals surface area (Å²) in [5, 5.41) is 3.28. The van der Waals surface area contributed by atoms with Gasteiger partial charge in [-0.1, -0.05) is 18.2 Å². The molecule has 1 N–H and O–H groups in total. The van der Waals surface area contributed by atoms with Gasteiger partial charge in [0.25, 0.3) is 0 Å². The summed E-state index contributed by atoms with van der Waals surface area (Å²) in [4.78, 5) is 4.53. The number of hydrogen-bond acceptors (Lipinski definition) is 3. The van der Waals surface area contributed by atoms with E-state index in [1.165, 1.54) is 12.1 Å². The van der Waals surface area contributed by atoms with Crippen LogP contribution in [-0.4, -0.2) is 31.6 Å². The summed E-state index contributed by atoms with van der Waals surface area (Å²) in [5.41, 5.74) is -0.278. The molecule has 6 heteroatoms. The number of rotatable bonds is 3. The zero-order valence-corrected chi connectivity index (χ0v) is 12.2. The minimum atomic E-state index is -4.32. The quantitative estimate of drug-likeness (QED) is 0.931. The summed E-state index contributed by atoms with van der Waals surface area (Å²) >= 11 is 0. The molecule has 1 aromatic carbocycles. The van der Waals surface area contributed by atoms with Crippen molar-refractivity contribution in [3.8, 4) is 0 Å². The summed E-state index contributed by atoms with van der Waals surface area (Å²) in [5.74, 6) is 1.04. The normalized spacial score (nSPS) is 23.2. The lowest BCUT2D eigenvalue weighted by Gasteiger charge is -2.21. The number of hydrogen-bond donors (Lipinski definition) is 1. The van der Waals surface area contributed by atoms with E-state index in [4.69, 9.17) is 4.74 Å². The van der Waals surface area contributed by atoms with Crippen LogP contribution in [0.15, 0.2) is 29.3 Å². The summed E-state index contributed by atoms with van der Waals surface area (Å²) < 4.78 is 44.7. The summed E-state index contributed by atoms with van der Waals surface area (Å²) in [6.07, 6.45) is -2.10. The molecule has 0 radical (unpaired) electrons. The van der Waals surface area contributed by atoms with Crippen molar-refractivity contribution in [1.82, 2.24) is 5.32 Å². The van der Waals surface area contributed by atoms with E-state index in [9.17, 15) is 13.2 Å². The topological polar surface area (TPSA) is 33.6 Å². The number of aliphatic imine (C=N–C) groups is 1. The maximum atomic E-state index is 13.0. The molecule has 1 fully saturated rings. The van der Waals surface area contributed by atoms with Gasteiger partial charge in [-0.15, -0.1) is 0 Å². The van der Waals surface area contributed by atoms with Crippen LogP contribution in [0.5, 0.6) is 0 Å². The maximum absolute atomic E-state index is 13.0. The second-order valence-electron chi connectivity index (χ2n) is 5.82. The number of benzene rings is 1. The minimum absolute atomic E-state index is 0.214. The van der Waals surface area contributed by atoms with Crippen LogP contribution >= 0.6 is 0 Å². The standard InChI is InChI=1S/C16H19F3N2O/c17-16(18,19)14-4-2-1-3-12(14)9-13-10-22-15(21-13)11-5-7-20-8-6-11/h1-4,11,13,20H,5-10H2. The van der Waals surface area contributed by atoms with Crippen LogP contribution in [-0.2, 0) is 17.3 Å². The van der Waals surface area contributed by atoms with Gasteiger partial charge >= 0.3 is 6.18 Å². The number of nitrogens with zero attached hydrogens (tertiary/aromatic N) is 1. The zero-order chi connectivity index (χ0) is 15.6. The summed E-state index contributed by atoms with van der Waals surface area (Å²) in [6.45, 7) is 2.26. The van der Waals surface area contributed by atoms with E-state index in [1.807, 2.05) is 0 Å². The van der Waals surface area contributed by atoms with E-state index >= 15 is 0 Å². The molecule has 0 aromatic heterocycles. The van der Waals surface area contributed by atoms with E-state index in [0.717, 1.165) is 37.9 Å². The highest BCUT2D eigenvalue weighted by Crippen LogP contribution is 2.33. The van der Waals surface area contributed by atoms with E-state index in [-0.39, 0.29) is 12.5 Å². The van der Waals surface area contributed by atoms with Crippen LogP contribution in [0.2, 0.25) is 0 Å². The molecule has 2 heterocycles. The predicted molar refractivity (Wildman–Crippen MR) is 77.9 cm³/mol. The van der Waals surface area contributed by atoms with Crippen LogP contribution in [0.1, 0.15) is 24.0 Å². The Morgan fingerprint density at radius 3 is 2.64 bits per heavy atom. The van der Waals surface area contributed by atoms with E-state index in [2.05, 4.69) is 10.3 Å². The Morgan fingerprint density at radius 2 is 1.91 bits per heavy atom. The Labute approximate surface area is 127 Å². The van der Waals surface area contributed by atoms with Gasteiger partial charge in [-0.25, -0.2) is 4.99 Å². The highest BCUT2D eigenvalue weighted by molar-refractivity contribution is 5.80. The molecule has 1 saturated heterocycles. The lowest BCUT2D eigenvalue weighted by Crippen LogP contribution is -2.31. The zero-order valence-electron chi connectivity index (χ0n) is 12.2. The number of nitrogens with one attached hydrogen (secondary N) is 1. The molecule has 0 spiro atoms. The second kappa shape index (κ2) is 6.28. The highest BCUT2D eigenvalue weighted by atomic mass is 19.4. The highest BCUT2D eigenvalue weighted by Gasteiger charge is 2.34. The summed E-state index contributed by atoms with van der Waals surface area (Å²) in [7, 11) is 0. The van der Waals surface area contributed by atoms with Crippen LogP contribution in [0.25, 0.3) is 0 Å². The van der Waals surface area contributed by atoms with Crippen LogP contribution in [0.3, 0.4) is 0 Å². The molecule has 120 valence electrons. The molecule has 3 nitrogen and oxygen atoms in total. The third-order valence-electron chi connectivity index (χ3n) is 4.20. The number of ether oxygens (including phenoxy) is 1. The molecule has 1 aromatic rings. The van der Waals surface area contributed by atoms with Crippen LogP contribution in [0, 0.1) is 5.92 Å². The van der Waals surface area contributed by atoms with Gasteiger partial charge < -0.3 is 10.1 Å². The first kappa shape index (κ1) is 15.3. The Morgan fingerprint density at radius 1 is 1.18 bits per heavy atom. The first-order chi connectivity index (χ1) is 10.5. The first-order valence-electron chi connectivity index (χ1n) is 7.60. The summed E-state index contributed by atoms with van der Waals surface area (Å²) in [6, 6.07) is 5.50. The predicted octanol–water partition coefficient (Wildman–Crippen LogP) is 3.04. The molecule has 2 aliphatic heterocycles. The van der Waals surface area contributed by atoms with Gasteiger partial charge in [0.05, 0.1) is 11.6 Å². The Kier molecular flexibility index (Phi) is 4.38. The fraction of sp³-hybridized carbons (Fsp3) is 0.562. The van der Waals surface area contributed by atoms with Crippen molar-refractivity contribution in [3.63, 3.8) is 0 Å². The van der Waals surface area contributed by atoms with Crippen molar-refractivity contribution >= 4 is 5.90 Å². The molecule has 1 atom stereocenters. The fourth-order valence-electron chi connectivity index (χ4n) is 3.06. The minimum Gasteiger partial charge on any atom is -0.478 e. The molecule has 0 amide bonds. The number of halogens is 3. The first-order valence-corrected chi connectivity index (χ1v) is 7.60. The van der Waals surface area contributed by atoms with Crippen LogP contribution in [0.4, 0.5) is 13.2 Å². The Hall–Kier alpha value is -1.56. The van der Waals surface area contributed by atoms with Gasteiger partial charge in [0.1, 0.15) is 6.61 Å². The van der Waals surface area contributed by atoms with Gasteiger partial charge in [0, 0.05) is 5.92 Å². The molecule has 0 aliphatic carbocycles. The van der Waals surface area contributed by atoms with Crippen molar-refractivity contribution in [2.75, 3.05) is 19.7 Å². The van der Waals surface area contributed by atoms with Gasteiger partial charge in [-0.3, -0.25) is 0 Å². The fourth-order valence-corrected chi connectivity index (χ4v) is 3.06. The molecule has 1 unspecified atom stereocenters. The smallest absolute Gasteiger partial charge is 0.416 e. The Balaban J connectivity index is 1.71. The van der Waals surface area contributed by atoms with Gasteiger partial charge in [-0.05, 0) is 44.0 Å². The maximum Gasteiger partial charge on any atom is 0.416 e. The van der Waals surface area contributed by atoms with Crippen molar-refractivity contribution < 1.29 is 17.9 Å². The Bertz CT molecular complexity index is 551. The lowest BCUT2D eigenvalue weighted by atomic mass is 9.98. The van der Waals surface area contributed by atoms with Crippen molar-refractivity contribution in [2.45, 2.75) is 31.5 Å². The monoisotopic (exact) mass is 312 g/mol. The molecule has 3 rings (SSSR count). The van der Waals surface area contributed by atoms with Crippen molar-refractivity contribution in [1.29, 1.82) is 0 Å². The second-order valence-corrected chi connectivity index (χ2v) is 5.82. The molecule has 0 bridgehead atoms. The average molecular weight is 312 g/mol. The molecule has 22 heavy (non-hydrogen) atoms. The van der Waals surface area contributed by atoms with Crippen molar-refractivity contribution in [2.24, 2.45) is 10.9 Å². The van der Waals surface area contributed by atoms with E-state index in [1.54, 1.807) is 6.07 Å². The molecular formula is C16H19F3N2O. The largest absolute Gasteiger partial charge is 0.478 e. The molecule has 2 aliphatic rings. The average Bonchev–Trinajstić information content (AvgIpc) is 2.96. The van der Waals surface area contributed by atoms with Gasteiger partial charge in [-0.2, -0.15) is 13.2 Å². The van der Waals surface area contributed by atoms with Crippen LogP contribution < -0.4 is 5.32 Å². The molecular weight excluding hydrogens is 293 g/mol. The van der Waals surface area contributed by atoms with E-state index in [0.29, 0.717) is 18.1 Å². The van der Waals surface area contributed by atoms with Gasteiger partial charge in [0.15, 0.2) is 5.90 Å². The number of alkyl halides is 3. The van der Waals surface area contributed by atoms with Gasteiger partial charge in [0.2, 0.25) is 0 Å². The van der Waals surface area contributed by atoms with Crippen molar-refractivity contribution in [3.05, 3.63) is 35.4 Å². The SMILES string of the molecule is FC(F)(F)c1ccccc1CC1COC(C2CCNCC2)=N1. The van der Waals surface area contributed by atoms with E-state index < -0.39 is 11.7 Å². The third kappa shape index (κ3) is 3.43. The third-order valence-corrected chi connectivity index (χ3v) is 4.20. The molecule has 0 saturated carbocycles. The number of piperidine rings is 1. The lowest BCUT2D eigenvalue weighted by molar-refractivity contribution is -0.138.